The third-order valence-electron chi connectivity index (χ3n) is 4.05. The molecule has 0 radical (unpaired) electrons. The number of hydrogen-bond donors (Lipinski definition) is 3. The summed E-state index contributed by atoms with van der Waals surface area (Å²) in [6.45, 7) is 1.42. The second kappa shape index (κ2) is 11.3. The fraction of sp³-hybridized carbons (Fsp3) is 0.182. The van der Waals surface area contributed by atoms with E-state index in [2.05, 4.69) is 20.9 Å². The number of thioether (sulfide) groups is 1. The molecule has 0 saturated heterocycles. The molecule has 32 heavy (non-hydrogen) atoms. The fourth-order valence-corrected chi connectivity index (χ4v) is 4.39. The lowest BCUT2D eigenvalue weighted by Crippen LogP contribution is -2.15. The minimum Gasteiger partial charge on any atom is -0.495 e. The first-order chi connectivity index (χ1) is 15.4. The highest BCUT2D eigenvalue weighted by atomic mass is 32.2. The molecule has 0 saturated carbocycles. The number of rotatable bonds is 9. The van der Waals surface area contributed by atoms with Crippen molar-refractivity contribution in [1.82, 2.24) is 4.98 Å². The van der Waals surface area contributed by atoms with Gasteiger partial charge in [-0.25, -0.2) is 4.98 Å². The van der Waals surface area contributed by atoms with Gasteiger partial charge in [0.1, 0.15) is 5.75 Å². The average Bonchev–Trinajstić information content (AvgIpc) is 3.19. The average molecular weight is 471 g/mol. The van der Waals surface area contributed by atoms with E-state index < -0.39 is 0 Å². The number of hydrogen-bond acceptors (Lipinski definition) is 7. The van der Waals surface area contributed by atoms with Crippen LogP contribution in [0.4, 0.5) is 17.1 Å². The molecule has 0 aliphatic carbocycles. The second-order valence-corrected chi connectivity index (χ2v) is 8.71. The van der Waals surface area contributed by atoms with E-state index in [4.69, 9.17) is 4.74 Å². The molecule has 3 aromatic rings. The zero-order valence-corrected chi connectivity index (χ0v) is 19.1. The van der Waals surface area contributed by atoms with Gasteiger partial charge in [0.2, 0.25) is 17.7 Å². The van der Waals surface area contributed by atoms with Gasteiger partial charge in [0.25, 0.3) is 0 Å². The molecule has 0 bridgehead atoms. The van der Waals surface area contributed by atoms with Gasteiger partial charge < -0.3 is 20.7 Å². The van der Waals surface area contributed by atoms with Gasteiger partial charge in [-0.3, -0.25) is 14.4 Å². The van der Waals surface area contributed by atoms with Crippen LogP contribution in [-0.4, -0.2) is 35.6 Å². The molecule has 0 unspecified atom stereocenters. The van der Waals surface area contributed by atoms with Crippen LogP contribution in [0.1, 0.15) is 12.6 Å². The summed E-state index contributed by atoms with van der Waals surface area (Å²) in [7, 11) is 1.55. The van der Waals surface area contributed by atoms with Gasteiger partial charge in [-0.2, -0.15) is 0 Å². The lowest BCUT2D eigenvalue weighted by molar-refractivity contribution is -0.116. The quantitative estimate of drug-likeness (QED) is 0.408. The van der Waals surface area contributed by atoms with Gasteiger partial charge in [-0.15, -0.1) is 11.3 Å². The van der Waals surface area contributed by atoms with Crippen LogP contribution < -0.4 is 20.7 Å². The first-order valence-electron chi connectivity index (χ1n) is 9.60. The second-order valence-electron chi connectivity index (χ2n) is 6.63. The number of para-hydroxylation sites is 2. The van der Waals surface area contributed by atoms with Crippen molar-refractivity contribution in [3.05, 3.63) is 59.6 Å². The SMILES string of the molecule is COc1ccccc1NC(=O)Cc1csc(SCC(=O)Nc2cccc(NC(C)=O)c2)n1. The zero-order valence-electron chi connectivity index (χ0n) is 17.5. The van der Waals surface area contributed by atoms with Crippen LogP contribution in [0.3, 0.4) is 0 Å². The van der Waals surface area contributed by atoms with Crippen LogP contribution in [0.2, 0.25) is 0 Å². The largest absolute Gasteiger partial charge is 0.495 e. The number of nitrogens with zero attached hydrogens (tertiary/aromatic N) is 1. The van der Waals surface area contributed by atoms with Gasteiger partial charge in [-0.1, -0.05) is 30.0 Å². The first kappa shape index (κ1) is 23.3. The number of carbonyl (C=O) groups excluding carboxylic acids is 3. The fourth-order valence-electron chi connectivity index (χ4n) is 2.75. The molecular formula is C22H22N4O4S2. The Bertz CT molecular complexity index is 1120. The van der Waals surface area contributed by atoms with Crippen molar-refractivity contribution in [3.8, 4) is 5.75 Å². The van der Waals surface area contributed by atoms with Crippen LogP contribution in [0.15, 0.2) is 58.3 Å². The van der Waals surface area contributed by atoms with Crippen molar-refractivity contribution in [1.29, 1.82) is 0 Å². The monoisotopic (exact) mass is 470 g/mol. The van der Waals surface area contributed by atoms with E-state index in [1.54, 1.807) is 48.9 Å². The van der Waals surface area contributed by atoms with E-state index in [0.29, 0.717) is 32.8 Å². The number of methoxy groups -OCH3 is 1. The summed E-state index contributed by atoms with van der Waals surface area (Å²) >= 11 is 2.68. The van der Waals surface area contributed by atoms with Crippen molar-refractivity contribution in [3.63, 3.8) is 0 Å². The number of benzene rings is 2. The molecule has 0 spiro atoms. The van der Waals surface area contributed by atoms with Crippen molar-refractivity contribution in [2.45, 2.75) is 17.7 Å². The topological polar surface area (TPSA) is 109 Å². The molecule has 0 fully saturated rings. The van der Waals surface area contributed by atoms with Crippen LogP contribution in [0.25, 0.3) is 0 Å². The van der Waals surface area contributed by atoms with Gasteiger partial charge in [0, 0.05) is 23.7 Å². The molecule has 8 nitrogen and oxygen atoms in total. The highest BCUT2D eigenvalue weighted by Gasteiger charge is 2.12. The molecular weight excluding hydrogens is 448 g/mol. The van der Waals surface area contributed by atoms with Crippen molar-refractivity contribution in [2.75, 3.05) is 28.8 Å². The molecule has 1 aromatic heterocycles. The first-order valence-corrected chi connectivity index (χ1v) is 11.5. The van der Waals surface area contributed by atoms with Crippen LogP contribution in [-0.2, 0) is 20.8 Å². The minimum atomic E-state index is -0.201. The number of nitrogens with one attached hydrogen (secondary N) is 3. The molecule has 3 rings (SSSR count). The maximum absolute atomic E-state index is 12.3. The molecule has 0 atom stereocenters. The number of carbonyl (C=O) groups is 3. The molecule has 2 aromatic carbocycles. The lowest BCUT2D eigenvalue weighted by Gasteiger charge is -2.09. The molecule has 3 N–H and O–H groups in total. The summed E-state index contributed by atoms with van der Waals surface area (Å²) in [5.41, 5.74) is 2.44. The van der Waals surface area contributed by atoms with Crippen molar-refractivity contribution >= 4 is 57.9 Å². The highest BCUT2D eigenvalue weighted by Crippen LogP contribution is 2.25. The van der Waals surface area contributed by atoms with Crippen molar-refractivity contribution < 1.29 is 19.1 Å². The van der Waals surface area contributed by atoms with Gasteiger partial charge in [0.15, 0.2) is 4.34 Å². The van der Waals surface area contributed by atoms with E-state index in [-0.39, 0.29) is 29.9 Å². The molecule has 166 valence electrons. The minimum absolute atomic E-state index is 0.122. The van der Waals surface area contributed by atoms with Crippen LogP contribution >= 0.6 is 23.1 Å². The number of thiazole rings is 1. The van der Waals surface area contributed by atoms with E-state index in [1.165, 1.54) is 30.0 Å². The summed E-state index contributed by atoms with van der Waals surface area (Å²) in [4.78, 5) is 40.2. The Labute approximate surface area is 193 Å². The highest BCUT2D eigenvalue weighted by molar-refractivity contribution is 8.01. The predicted octanol–water partition coefficient (Wildman–Crippen LogP) is 4.02. The third-order valence-corrected chi connectivity index (χ3v) is 6.12. The Morgan fingerprint density at radius 2 is 1.75 bits per heavy atom. The molecule has 0 aliphatic rings. The molecule has 0 aliphatic heterocycles. The molecule has 1 heterocycles. The third kappa shape index (κ3) is 7.10. The van der Waals surface area contributed by atoms with Gasteiger partial charge in [-0.05, 0) is 30.3 Å². The van der Waals surface area contributed by atoms with Gasteiger partial charge in [0.05, 0.1) is 30.7 Å². The van der Waals surface area contributed by atoms with E-state index in [9.17, 15) is 14.4 Å². The van der Waals surface area contributed by atoms with Crippen LogP contribution in [0.5, 0.6) is 5.75 Å². The van der Waals surface area contributed by atoms with Crippen molar-refractivity contribution in [2.24, 2.45) is 0 Å². The maximum Gasteiger partial charge on any atom is 0.234 e. The smallest absolute Gasteiger partial charge is 0.234 e. The summed E-state index contributed by atoms with van der Waals surface area (Å²) < 4.78 is 5.93. The summed E-state index contributed by atoms with van der Waals surface area (Å²) in [6.07, 6.45) is 0.122. The van der Waals surface area contributed by atoms with Gasteiger partial charge >= 0.3 is 0 Å². The molecule has 3 amide bonds. The zero-order chi connectivity index (χ0) is 22.9. The number of aromatic nitrogens is 1. The standard InChI is InChI=1S/C22H22N4O4S2/c1-14(27)23-15-6-5-7-16(10-15)24-21(29)13-32-22-25-17(12-31-22)11-20(28)26-18-8-3-4-9-19(18)30-2/h3-10,12H,11,13H2,1-2H3,(H,23,27)(H,24,29)(H,26,28). The lowest BCUT2D eigenvalue weighted by atomic mass is 10.2. The normalized spacial score (nSPS) is 10.3. The van der Waals surface area contributed by atoms with E-state index >= 15 is 0 Å². The Hall–Kier alpha value is -3.37. The molecule has 10 heteroatoms. The number of ether oxygens (including phenoxy) is 1. The number of anilines is 3. The Balaban J connectivity index is 1.48. The van der Waals surface area contributed by atoms with E-state index in [1.807, 2.05) is 12.1 Å². The summed E-state index contributed by atoms with van der Waals surface area (Å²) in [5.74, 6) is 0.183. The Morgan fingerprint density at radius 1 is 1.00 bits per heavy atom. The summed E-state index contributed by atoms with van der Waals surface area (Å²) in [6, 6.07) is 14.1. The Kier molecular flexibility index (Phi) is 8.23. The van der Waals surface area contributed by atoms with Crippen LogP contribution in [0, 0.1) is 0 Å². The maximum atomic E-state index is 12.3. The summed E-state index contributed by atoms with van der Waals surface area (Å²) in [5, 5.41) is 10.1. The van der Waals surface area contributed by atoms with E-state index in [0.717, 1.165) is 0 Å². The number of amides is 3. The predicted molar refractivity (Wildman–Crippen MR) is 128 cm³/mol. The Morgan fingerprint density at radius 3 is 2.50 bits per heavy atom.